The smallest absolute Gasteiger partial charge is 0.313 e. The summed E-state index contributed by atoms with van der Waals surface area (Å²) < 4.78 is 0. The highest BCUT2D eigenvalue weighted by Gasteiger charge is 2.39. The molecule has 1 aliphatic heterocycles. The highest BCUT2D eigenvalue weighted by molar-refractivity contribution is 6.35. The molecule has 1 aliphatic carbocycles. The van der Waals surface area contributed by atoms with Crippen LogP contribution < -0.4 is 16.4 Å². The van der Waals surface area contributed by atoms with Crippen LogP contribution in [-0.4, -0.2) is 48.0 Å². The minimum Gasteiger partial charge on any atom is -0.384 e. The second-order valence-corrected chi connectivity index (χ2v) is 9.03. The molecule has 1 saturated carbocycles. The molecular formula is C23H37N5O3. The number of rotatable bonds is 5. The van der Waals surface area contributed by atoms with E-state index in [1.807, 2.05) is 0 Å². The lowest BCUT2D eigenvalue weighted by Crippen LogP contribution is -2.54. The lowest BCUT2D eigenvalue weighted by atomic mass is 9.77. The second-order valence-electron chi connectivity index (χ2n) is 9.03. The molecule has 0 aromatic heterocycles. The maximum absolute atomic E-state index is 13.1. The number of hydrogen-bond donors (Lipinski definition) is 3. The molecule has 0 radical (unpaired) electrons. The van der Waals surface area contributed by atoms with Gasteiger partial charge in [0.15, 0.2) is 0 Å². The van der Waals surface area contributed by atoms with Crippen molar-refractivity contribution >= 4 is 24.4 Å². The zero-order chi connectivity index (χ0) is 23.1. The Morgan fingerprint density at radius 2 is 1.71 bits per heavy atom. The summed E-state index contributed by atoms with van der Waals surface area (Å²) in [5.41, 5.74) is 6.91. The average Bonchev–Trinajstić information content (AvgIpc) is 2.72. The van der Waals surface area contributed by atoms with Gasteiger partial charge in [-0.25, -0.2) is 4.99 Å². The van der Waals surface area contributed by atoms with E-state index in [2.05, 4.69) is 29.3 Å². The summed E-state index contributed by atoms with van der Waals surface area (Å²) in [6.45, 7) is 11.1. The third kappa shape index (κ3) is 6.94. The van der Waals surface area contributed by atoms with Crippen LogP contribution in [0.15, 0.2) is 28.2 Å². The molecule has 8 heteroatoms. The van der Waals surface area contributed by atoms with Gasteiger partial charge in [0.1, 0.15) is 5.82 Å². The number of likely N-dealkylation sites (tertiary alicyclic amines) is 1. The largest absolute Gasteiger partial charge is 0.384 e. The lowest BCUT2D eigenvalue weighted by Gasteiger charge is -2.44. The Morgan fingerprint density at radius 1 is 1.06 bits per heavy atom. The molecule has 2 aliphatic rings. The van der Waals surface area contributed by atoms with Gasteiger partial charge in [-0.1, -0.05) is 6.92 Å². The number of carbonyl (C=O) groups excluding carboxylic acids is 3. The molecule has 2 fully saturated rings. The third-order valence-electron chi connectivity index (χ3n) is 6.36. The Morgan fingerprint density at radius 3 is 2.29 bits per heavy atom. The second kappa shape index (κ2) is 11.1. The molecule has 0 aromatic carbocycles. The van der Waals surface area contributed by atoms with E-state index in [0.717, 1.165) is 38.5 Å². The zero-order valence-corrected chi connectivity index (χ0v) is 19.2. The predicted octanol–water partition coefficient (Wildman–Crippen LogP) is 2.22. The van der Waals surface area contributed by atoms with Gasteiger partial charge in [-0.2, -0.15) is 0 Å². The summed E-state index contributed by atoms with van der Waals surface area (Å²) in [7, 11) is 0. The van der Waals surface area contributed by atoms with Crippen LogP contribution in [0.2, 0.25) is 0 Å². The summed E-state index contributed by atoms with van der Waals surface area (Å²) in [4.78, 5) is 42.6. The fourth-order valence-corrected chi connectivity index (χ4v) is 4.76. The first kappa shape index (κ1) is 24.6. The zero-order valence-electron chi connectivity index (χ0n) is 19.2. The van der Waals surface area contributed by atoms with Crippen LogP contribution in [-0.2, 0) is 14.4 Å². The molecule has 8 nitrogen and oxygen atoms in total. The summed E-state index contributed by atoms with van der Waals surface area (Å²) >= 11 is 0. The van der Waals surface area contributed by atoms with E-state index in [-0.39, 0.29) is 23.8 Å². The van der Waals surface area contributed by atoms with Crippen LogP contribution in [0.25, 0.3) is 0 Å². The van der Waals surface area contributed by atoms with Crippen molar-refractivity contribution in [2.24, 2.45) is 22.6 Å². The minimum absolute atomic E-state index is 0.00236. The molecule has 2 rings (SSSR count). The molecule has 0 spiro atoms. The SMILES string of the molecule is C=N/C(N)=C(C)\C=C(/C)NC(=O)C(=O)N1C[C@@H](C)CC[C@@H]1C1CCC(NC(C)=O)CC1. The third-order valence-corrected chi connectivity index (χ3v) is 6.36. The number of nitrogens with zero attached hydrogens (tertiary/aromatic N) is 2. The number of nitrogens with two attached hydrogens (primary N) is 1. The number of piperidine rings is 1. The van der Waals surface area contributed by atoms with E-state index in [9.17, 15) is 14.4 Å². The molecule has 1 saturated heterocycles. The van der Waals surface area contributed by atoms with Crippen molar-refractivity contribution in [1.29, 1.82) is 0 Å². The van der Waals surface area contributed by atoms with Crippen molar-refractivity contribution in [3.8, 4) is 0 Å². The van der Waals surface area contributed by atoms with Crippen molar-refractivity contribution in [3.63, 3.8) is 0 Å². The van der Waals surface area contributed by atoms with Crippen molar-refractivity contribution < 1.29 is 14.4 Å². The summed E-state index contributed by atoms with van der Waals surface area (Å²) in [5.74, 6) is -0.108. The molecule has 2 atom stereocenters. The topological polar surface area (TPSA) is 117 Å². The van der Waals surface area contributed by atoms with Gasteiger partial charge in [0.05, 0.1) is 0 Å². The van der Waals surface area contributed by atoms with Crippen LogP contribution in [0.5, 0.6) is 0 Å². The van der Waals surface area contributed by atoms with Crippen molar-refractivity contribution in [1.82, 2.24) is 15.5 Å². The van der Waals surface area contributed by atoms with E-state index in [0.29, 0.717) is 29.7 Å². The fourth-order valence-electron chi connectivity index (χ4n) is 4.76. The van der Waals surface area contributed by atoms with Gasteiger partial charge in [-0.3, -0.25) is 14.4 Å². The number of nitrogens with one attached hydrogen (secondary N) is 2. The highest BCUT2D eigenvalue weighted by atomic mass is 16.2. The van der Waals surface area contributed by atoms with E-state index in [1.165, 1.54) is 0 Å². The first-order chi connectivity index (χ1) is 14.6. The molecule has 31 heavy (non-hydrogen) atoms. The van der Waals surface area contributed by atoms with Gasteiger partial charge >= 0.3 is 11.8 Å². The van der Waals surface area contributed by atoms with Gasteiger partial charge in [-0.05, 0) is 82.6 Å². The summed E-state index contributed by atoms with van der Waals surface area (Å²) in [5, 5.41) is 5.69. The van der Waals surface area contributed by atoms with E-state index in [4.69, 9.17) is 5.73 Å². The Bertz CT molecular complexity index is 765. The van der Waals surface area contributed by atoms with Crippen LogP contribution >= 0.6 is 0 Å². The van der Waals surface area contributed by atoms with Gasteiger partial charge in [-0.15, -0.1) is 0 Å². The van der Waals surface area contributed by atoms with Crippen molar-refractivity contribution in [2.75, 3.05) is 6.54 Å². The molecule has 172 valence electrons. The van der Waals surface area contributed by atoms with Crippen LogP contribution in [0.3, 0.4) is 0 Å². The van der Waals surface area contributed by atoms with Gasteiger partial charge < -0.3 is 21.3 Å². The molecule has 3 amide bonds. The Labute approximate surface area is 185 Å². The number of carbonyl (C=O) groups is 3. The average molecular weight is 432 g/mol. The normalized spacial score (nSPS) is 27.7. The molecular weight excluding hydrogens is 394 g/mol. The number of hydrogen-bond acceptors (Lipinski definition) is 5. The highest BCUT2D eigenvalue weighted by Crippen LogP contribution is 2.35. The Hall–Kier alpha value is -2.64. The Balaban J connectivity index is 2.05. The van der Waals surface area contributed by atoms with Gasteiger partial charge in [0.25, 0.3) is 0 Å². The summed E-state index contributed by atoms with van der Waals surface area (Å²) in [6.07, 6.45) is 7.37. The van der Waals surface area contributed by atoms with Crippen molar-refractivity contribution in [3.05, 3.63) is 23.2 Å². The van der Waals surface area contributed by atoms with Gasteiger partial charge in [0, 0.05) is 31.2 Å². The van der Waals surface area contributed by atoms with Gasteiger partial charge in [0.2, 0.25) is 5.91 Å². The molecule has 0 unspecified atom stereocenters. The first-order valence-corrected chi connectivity index (χ1v) is 11.1. The van der Waals surface area contributed by atoms with Crippen LogP contribution in [0.4, 0.5) is 0 Å². The molecule has 0 aromatic rings. The standard InChI is InChI=1S/C23H37N5O3/c1-14-6-11-20(18-7-9-19(10-8-18)27-17(4)29)28(13-14)23(31)22(30)26-16(3)12-15(2)21(24)25-5/h12,14,18-20H,5-11,13,24H2,1-4H3,(H,26,30)(H,27,29)/b16-12+,21-15-/t14-,18?,19?,20+/m0/s1. The molecule has 0 bridgehead atoms. The maximum Gasteiger partial charge on any atom is 0.313 e. The number of aliphatic imine (C=N–C) groups is 1. The number of amides is 3. The quantitative estimate of drug-likeness (QED) is 0.351. The van der Waals surface area contributed by atoms with Crippen molar-refractivity contribution in [2.45, 2.75) is 78.3 Å². The van der Waals surface area contributed by atoms with E-state index >= 15 is 0 Å². The minimum atomic E-state index is -0.627. The monoisotopic (exact) mass is 431 g/mol. The predicted molar refractivity (Wildman–Crippen MR) is 122 cm³/mol. The van der Waals surface area contributed by atoms with E-state index in [1.54, 1.807) is 31.7 Å². The van der Waals surface area contributed by atoms with Crippen LogP contribution in [0.1, 0.15) is 66.2 Å². The summed E-state index contributed by atoms with van der Waals surface area (Å²) in [6, 6.07) is 0.282. The Kier molecular flexibility index (Phi) is 8.83. The fraction of sp³-hybridized carbons (Fsp3) is 0.652. The number of allylic oxidation sites excluding steroid dienone is 3. The lowest BCUT2D eigenvalue weighted by molar-refractivity contribution is -0.150. The van der Waals surface area contributed by atoms with E-state index < -0.39 is 11.8 Å². The van der Waals surface area contributed by atoms with Crippen LogP contribution in [0, 0.1) is 11.8 Å². The maximum atomic E-state index is 13.1. The first-order valence-electron chi connectivity index (χ1n) is 11.1. The molecule has 1 heterocycles. The molecule has 4 N–H and O–H groups in total.